The summed E-state index contributed by atoms with van der Waals surface area (Å²) >= 11 is 0. The lowest BCUT2D eigenvalue weighted by Crippen LogP contribution is -2.06. The van der Waals surface area contributed by atoms with Crippen LogP contribution in [0.1, 0.15) is 43.2 Å². The maximum absolute atomic E-state index is 12.6. The number of hydrogen-bond acceptors (Lipinski definition) is 6. The van der Waals surface area contributed by atoms with Crippen LogP contribution in [-0.4, -0.2) is 28.6 Å². The van der Waals surface area contributed by atoms with Crippen LogP contribution in [0, 0.1) is 0 Å². The Hall–Kier alpha value is -3.28. The van der Waals surface area contributed by atoms with Crippen molar-refractivity contribution in [3.05, 3.63) is 60.0 Å². The third-order valence-electron chi connectivity index (χ3n) is 4.20. The molecule has 1 N–H and O–H groups in total. The first-order valence-electron chi connectivity index (χ1n) is 9.67. The summed E-state index contributed by atoms with van der Waals surface area (Å²) in [6.45, 7) is 6.18. The predicted molar refractivity (Wildman–Crippen MR) is 110 cm³/mol. The molecule has 3 aromatic rings. The van der Waals surface area contributed by atoms with Crippen molar-refractivity contribution in [2.24, 2.45) is 0 Å². The van der Waals surface area contributed by atoms with Crippen molar-refractivity contribution in [1.29, 1.82) is 0 Å². The Morgan fingerprint density at radius 3 is 2.76 bits per heavy atom. The van der Waals surface area contributed by atoms with E-state index in [0.29, 0.717) is 30.4 Å². The van der Waals surface area contributed by atoms with E-state index < -0.39 is 0 Å². The number of phenolic OH excluding ortho intramolecular Hbond substituents is 1. The summed E-state index contributed by atoms with van der Waals surface area (Å²) in [5.74, 6) is 1.32. The van der Waals surface area contributed by atoms with Crippen LogP contribution in [0.2, 0.25) is 0 Å². The van der Waals surface area contributed by atoms with Gasteiger partial charge in [0.15, 0.2) is 5.78 Å². The number of ketones is 1. The standard InChI is InChI=1S/C23H25NO5/c1-4-27-21-10-6-9-19(25)22(21)20(26)12-11-17-14-28-23(24-17)16-7-5-8-18(13-16)29-15(2)3/h5-10,13-15,25H,4,11-12H2,1-3H3. The summed E-state index contributed by atoms with van der Waals surface area (Å²) in [4.78, 5) is 17.1. The van der Waals surface area contributed by atoms with E-state index in [2.05, 4.69) is 4.98 Å². The zero-order valence-electron chi connectivity index (χ0n) is 16.8. The molecule has 0 aliphatic carbocycles. The Kier molecular flexibility index (Phi) is 6.54. The zero-order chi connectivity index (χ0) is 20.8. The van der Waals surface area contributed by atoms with Crippen LogP contribution in [0.4, 0.5) is 0 Å². The first-order chi connectivity index (χ1) is 14.0. The topological polar surface area (TPSA) is 81.8 Å². The van der Waals surface area contributed by atoms with Crippen molar-refractivity contribution in [2.75, 3.05) is 6.61 Å². The summed E-state index contributed by atoms with van der Waals surface area (Å²) in [5, 5.41) is 10.1. The molecule has 0 bridgehead atoms. The van der Waals surface area contributed by atoms with Crippen molar-refractivity contribution in [3.63, 3.8) is 0 Å². The normalized spacial score (nSPS) is 10.9. The Morgan fingerprint density at radius 2 is 2.00 bits per heavy atom. The van der Waals surface area contributed by atoms with Gasteiger partial charge in [-0.05, 0) is 51.1 Å². The molecule has 1 heterocycles. The number of nitrogens with zero attached hydrogens (tertiary/aromatic N) is 1. The van der Waals surface area contributed by atoms with E-state index in [1.807, 2.05) is 45.0 Å². The average molecular weight is 395 g/mol. The minimum absolute atomic E-state index is 0.0763. The van der Waals surface area contributed by atoms with Crippen LogP contribution in [0.5, 0.6) is 17.2 Å². The molecule has 29 heavy (non-hydrogen) atoms. The van der Waals surface area contributed by atoms with E-state index in [4.69, 9.17) is 13.9 Å². The van der Waals surface area contributed by atoms with Crippen LogP contribution >= 0.6 is 0 Å². The maximum Gasteiger partial charge on any atom is 0.226 e. The largest absolute Gasteiger partial charge is 0.507 e. The zero-order valence-corrected chi connectivity index (χ0v) is 16.8. The van der Waals surface area contributed by atoms with Gasteiger partial charge in [0, 0.05) is 18.4 Å². The number of Topliss-reactive ketones (excluding diaryl/α,β-unsaturated/α-hetero) is 1. The first-order valence-corrected chi connectivity index (χ1v) is 9.67. The molecule has 2 aromatic carbocycles. The molecule has 0 aliphatic rings. The van der Waals surface area contributed by atoms with Crippen molar-refractivity contribution in [2.45, 2.75) is 39.7 Å². The second kappa shape index (κ2) is 9.28. The highest BCUT2D eigenvalue weighted by molar-refractivity contribution is 6.01. The number of aromatic nitrogens is 1. The van der Waals surface area contributed by atoms with Gasteiger partial charge in [0.1, 0.15) is 29.1 Å². The molecule has 0 amide bonds. The molecule has 6 heteroatoms. The number of phenols is 1. The van der Waals surface area contributed by atoms with Crippen LogP contribution in [0.25, 0.3) is 11.5 Å². The molecular formula is C23H25NO5. The number of aryl methyl sites for hydroxylation is 1. The third kappa shape index (κ3) is 5.16. The van der Waals surface area contributed by atoms with Gasteiger partial charge in [-0.15, -0.1) is 0 Å². The number of aromatic hydroxyl groups is 1. The fourth-order valence-corrected chi connectivity index (χ4v) is 2.97. The number of oxazole rings is 1. The molecule has 0 saturated carbocycles. The first kappa shape index (κ1) is 20.5. The highest BCUT2D eigenvalue weighted by atomic mass is 16.5. The number of carbonyl (C=O) groups excluding carboxylic acids is 1. The van der Waals surface area contributed by atoms with Gasteiger partial charge in [-0.2, -0.15) is 0 Å². The lowest BCUT2D eigenvalue weighted by atomic mass is 10.0. The van der Waals surface area contributed by atoms with E-state index in [-0.39, 0.29) is 29.6 Å². The van der Waals surface area contributed by atoms with Gasteiger partial charge < -0.3 is 19.0 Å². The van der Waals surface area contributed by atoms with Crippen LogP contribution in [-0.2, 0) is 6.42 Å². The minimum atomic E-state index is -0.205. The average Bonchev–Trinajstić information content (AvgIpc) is 3.15. The number of ether oxygens (including phenoxy) is 2. The second-order valence-corrected chi connectivity index (χ2v) is 6.84. The van der Waals surface area contributed by atoms with E-state index in [1.165, 1.54) is 6.07 Å². The van der Waals surface area contributed by atoms with Gasteiger partial charge in [0.25, 0.3) is 0 Å². The van der Waals surface area contributed by atoms with Crippen LogP contribution < -0.4 is 9.47 Å². The molecule has 1 aromatic heterocycles. The Morgan fingerprint density at radius 1 is 1.21 bits per heavy atom. The van der Waals surface area contributed by atoms with Gasteiger partial charge in [0.2, 0.25) is 5.89 Å². The summed E-state index contributed by atoms with van der Waals surface area (Å²) in [6, 6.07) is 12.3. The summed E-state index contributed by atoms with van der Waals surface area (Å²) < 4.78 is 16.8. The van der Waals surface area contributed by atoms with E-state index in [9.17, 15) is 9.90 Å². The quantitative estimate of drug-likeness (QED) is 0.511. The molecule has 0 aliphatic heterocycles. The molecule has 0 atom stereocenters. The molecule has 0 fully saturated rings. The van der Waals surface area contributed by atoms with Gasteiger partial charge >= 0.3 is 0 Å². The van der Waals surface area contributed by atoms with Gasteiger partial charge in [-0.3, -0.25) is 4.79 Å². The third-order valence-corrected chi connectivity index (χ3v) is 4.20. The van der Waals surface area contributed by atoms with Gasteiger partial charge in [-0.25, -0.2) is 4.98 Å². The maximum atomic E-state index is 12.6. The fourth-order valence-electron chi connectivity index (χ4n) is 2.97. The smallest absolute Gasteiger partial charge is 0.226 e. The molecule has 152 valence electrons. The van der Waals surface area contributed by atoms with Gasteiger partial charge in [0.05, 0.1) is 18.4 Å². The minimum Gasteiger partial charge on any atom is -0.507 e. The van der Waals surface area contributed by atoms with Crippen molar-refractivity contribution in [1.82, 2.24) is 4.98 Å². The molecule has 6 nitrogen and oxygen atoms in total. The van der Waals surface area contributed by atoms with Crippen LogP contribution in [0.3, 0.4) is 0 Å². The molecule has 0 saturated heterocycles. The molecule has 3 rings (SSSR count). The molecule has 0 unspecified atom stereocenters. The van der Waals surface area contributed by atoms with Crippen molar-refractivity contribution >= 4 is 5.78 Å². The monoisotopic (exact) mass is 395 g/mol. The highest BCUT2D eigenvalue weighted by Gasteiger charge is 2.18. The van der Waals surface area contributed by atoms with Crippen LogP contribution in [0.15, 0.2) is 53.1 Å². The molecular weight excluding hydrogens is 370 g/mol. The summed E-state index contributed by atoms with van der Waals surface area (Å²) in [5.41, 5.74) is 1.67. The Labute approximate surface area is 170 Å². The summed E-state index contributed by atoms with van der Waals surface area (Å²) in [7, 11) is 0. The Balaban J connectivity index is 1.69. The molecule has 0 spiro atoms. The number of benzene rings is 2. The van der Waals surface area contributed by atoms with E-state index >= 15 is 0 Å². The lowest BCUT2D eigenvalue weighted by molar-refractivity contribution is 0.0976. The number of carbonyl (C=O) groups is 1. The number of rotatable bonds is 9. The lowest BCUT2D eigenvalue weighted by Gasteiger charge is -2.10. The van der Waals surface area contributed by atoms with E-state index in [1.54, 1.807) is 18.4 Å². The van der Waals surface area contributed by atoms with E-state index in [0.717, 1.165) is 11.3 Å². The predicted octanol–water partition coefficient (Wildman–Crippen LogP) is 5.05. The van der Waals surface area contributed by atoms with Crippen molar-refractivity contribution in [3.8, 4) is 28.7 Å². The number of hydrogen-bond donors (Lipinski definition) is 1. The van der Waals surface area contributed by atoms with Gasteiger partial charge in [-0.1, -0.05) is 12.1 Å². The van der Waals surface area contributed by atoms with Crippen molar-refractivity contribution < 1.29 is 23.8 Å². The highest BCUT2D eigenvalue weighted by Crippen LogP contribution is 2.30. The fraction of sp³-hybridized carbons (Fsp3) is 0.304. The molecule has 0 radical (unpaired) electrons. The summed E-state index contributed by atoms with van der Waals surface area (Å²) in [6.07, 6.45) is 2.20. The second-order valence-electron chi connectivity index (χ2n) is 6.84. The Bertz CT molecular complexity index is 977. The SMILES string of the molecule is CCOc1cccc(O)c1C(=O)CCc1coc(-c2cccc(OC(C)C)c2)n1.